The van der Waals surface area contributed by atoms with Crippen molar-refractivity contribution in [3.05, 3.63) is 24.3 Å². The zero-order valence-corrected chi connectivity index (χ0v) is 16.3. The Morgan fingerprint density at radius 3 is 2.61 bits per heavy atom. The number of amides is 1. The SMILES string of the molecule is O=C(CSc1nnc(NCC(F)(F)F)s1)Nc1ccc(N2CCOCC2)cc1. The average molecular weight is 433 g/mol. The van der Waals surface area contributed by atoms with E-state index in [1.165, 1.54) is 0 Å². The summed E-state index contributed by atoms with van der Waals surface area (Å²) in [5.74, 6) is -0.150. The third-order valence-electron chi connectivity index (χ3n) is 3.70. The Morgan fingerprint density at radius 1 is 1.21 bits per heavy atom. The lowest BCUT2D eigenvalue weighted by Gasteiger charge is -2.28. The Kier molecular flexibility index (Phi) is 6.97. The number of benzene rings is 1. The van der Waals surface area contributed by atoms with Crippen LogP contribution >= 0.6 is 23.1 Å². The van der Waals surface area contributed by atoms with Gasteiger partial charge in [0.1, 0.15) is 6.54 Å². The molecule has 1 aromatic carbocycles. The molecule has 2 heterocycles. The van der Waals surface area contributed by atoms with Gasteiger partial charge >= 0.3 is 6.18 Å². The smallest absolute Gasteiger partial charge is 0.378 e. The number of nitrogens with one attached hydrogen (secondary N) is 2. The van der Waals surface area contributed by atoms with E-state index in [-0.39, 0.29) is 16.8 Å². The number of alkyl halides is 3. The third-order valence-corrected chi connectivity index (χ3v) is 5.71. The Hall–Kier alpha value is -2.05. The molecule has 0 radical (unpaired) electrons. The first kappa shape index (κ1) is 20.7. The van der Waals surface area contributed by atoms with E-state index < -0.39 is 12.7 Å². The van der Waals surface area contributed by atoms with Crippen molar-refractivity contribution >= 4 is 45.5 Å². The molecule has 1 aromatic heterocycles. The van der Waals surface area contributed by atoms with Crippen molar-refractivity contribution in [2.24, 2.45) is 0 Å². The molecule has 3 rings (SSSR count). The van der Waals surface area contributed by atoms with Gasteiger partial charge < -0.3 is 20.3 Å². The summed E-state index contributed by atoms with van der Waals surface area (Å²) in [6.07, 6.45) is -4.32. The fourth-order valence-electron chi connectivity index (χ4n) is 2.42. The lowest BCUT2D eigenvalue weighted by atomic mass is 10.2. The molecule has 2 N–H and O–H groups in total. The van der Waals surface area contributed by atoms with E-state index in [1.54, 1.807) is 0 Å². The number of nitrogens with zero attached hydrogens (tertiary/aromatic N) is 3. The normalized spacial score (nSPS) is 14.8. The van der Waals surface area contributed by atoms with Gasteiger partial charge in [-0.25, -0.2) is 0 Å². The van der Waals surface area contributed by atoms with Gasteiger partial charge in [0.05, 0.1) is 19.0 Å². The number of carbonyl (C=O) groups excluding carboxylic acids is 1. The molecule has 0 atom stereocenters. The Morgan fingerprint density at radius 2 is 1.93 bits per heavy atom. The summed E-state index contributed by atoms with van der Waals surface area (Å²) < 4.78 is 42.2. The summed E-state index contributed by atoms with van der Waals surface area (Å²) in [7, 11) is 0. The van der Waals surface area contributed by atoms with Gasteiger partial charge in [0.2, 0.25) is 11.0 Å². The number of aromatic nitrogens is 2. The van der Waals surface area contributed by atoms with Gasteiger partial charge in [0.15, 0.2) is 4.34 Å². The van der Waals surface area contributed by atoms with Crippen LogP contribution in [0.5, 0.6) is 0 Å². The minimum absolute atomic E-state index is 0.0685. The zero-order chi connectivity index (χ0) is 20.0. The van der Waals surface area contributed by atoms with Gasteiger partial charge in [-0.2, -0.15) is 13.2 Å². The van der Waals surface area contributed by atoms with Crippen molar-refractivity contribution < 1.29 is 22.7 Å². The van der Waals surface area contributed by atoms with Crippen molar-refractivity contribution in [3.8, 4) is 0 Å². The highest BCUT2D eigenvalue weighted by atomic mass is 32.2. The summed E-state index contributed by atoms with van der Waals surface area (Å²) in [5.41, 5.74) is 1.75. The Labute approximate surface area is 167 Å². The first-order valence-electron chi connectivity index (χ1n) is 8.38. The molecule has 0 spiro atoms. The summed E-state index contributed by atoms with van der Waals surface area (Å²) in [4.78, 5) is 14.3. The van der Waals surface area contributed by atoms with Crippen LogP contribution in [0.1, 0.15) is 0 Å². The fraction of sp³-hybridized carbons (Fsp3) is 0.438. The van der Waals surface area contributed by atoms with Crippen molar-refractivity contribution in [3.63, 3.8) is 0 Å². The molecule has 2 aromatic rings. The molecule has 0 bridgehead atoms. The first-order chi connectivity index (χ1) is 13.4. The summed E-state index contributed by atoms with van der Waals surface area (Å²) in [5, 5.41) is 12.4. The molecule has 7 nitrogen and oxygen atoms in total. The van der Waals surface area contributed by atoms with E-state index in [1.807, 2.05) is 24.3 Å². The number of hydrogen-bond acceptors (Lipinski definition) is 8. The highest BCUT2D eigenvalue weighted by molar-refractivity contribution is 8.01. The third kappa shape index (κ3) is 6.53. The molecule has 152 valence electrons. The van der Waals surface area contributed by atoms with Gasteiger partial charge in [-0.05, 0) is 24.3 Å². The molecule has 1 aliphatic rings. The molecule has 0 unspecified atom stereocenters. The Bertz CT molecular complexity index is 779. The standard InChI is InChI=1S/C16H18F3N5O2S2/c17-16(18,19)10-20-14-22-23-15(28-14)27-9-13(25)21-11-1-3-12(4-2-11)24-5-7-26-8-6-24/h1-4H,5-10H2,(H,20,22)(H,21,25). The number of halogens is 3. The van der Waals surface area contributed by atoms with E-state index in [4.69, 9.17) is 4.74 Å². The predicted molar refractivity (Wildman–Crippen MR) is 103 cm³/mol. The van der Waals surface area contributed by atoms with Gasteiger partial charge in [-0.1, -0.05) is 23.1 Å². The number of thioether (sulfide) groups is 1. The number of rotatable bonds is 7. The number of anilines is 3. The van der Waals surface area contributed by atoms with Gasteiger partial charge in [-0.15, -0.1) is 10.2 Å². The van der Waals surface area contributed by atoms with Gasteiger partial charge in [0, 0.05) is 24.5 Å². The minimum Gasteiger partial charge on any atom is -0.378 e. The second-order valence-electron chi connectivity index (χ2n) is 5.82. The second kappa shape index (κ2) is 9.43. The minimum atomic E-state index is -4.32. The molecule has 28 heavy (non-hydrogen) atoms. The highest BCUT2D eigenvalue weighted by Gasteiger charge is 2.27. The maximum absolute atomic E-state index is 12.2. The first-order valence-corrected chi connectivity index (χ1v) is 10.2. The predicted octanol–water partition coefficient (Wildman–Crippen LogP) is 3.08. The molecule has 1 fully saturated rings. The summed E-state index contributed by atoms with van der Waals surface area (Å²) in [6, 6.07) is 7.55. The average Bonchev–Trinajstić information content (AvgIpc) is 3.14. The monoisotopic (exact) mass is 433 g/mol. The molecule has 1 saturated heterocycles. The van der Waals surface area contributed by atoms with Crippen LogP contribution in [0.25, 0.3) is 0 Å². The quantitative estimate of drug-likeness (QED) is 0.650. The Balaban J connectivity index is 1.43. The van der Waals surface area contributed by atoms with Gasteiger partial charge in [-0.3, -0.25) is 4.79 Å². The van der Waals surface area contributed by atoms with E-state index in [0.29, 0.717) is 23.2 Å². The molecule has 0 saturated carbocycles. The van der Waals surface area contributed by atoms with E-state index in [2.05, 4.69) is 25.7 Å². The number of hydrogen-bond donors (Lipinski definition) is 2. The molecular formula is C16H18F3N5O2S2. The van der Waals surface area contributed by atoms with Crippen LogP contribution in [0.2, 0.25) is 0 Å². The lowest BCUT2D eigenvalue weighted by Crippen LogP contribution is -2.36. The molecule has 0 aliphatic carbocycles. The highest BCUT2D eigenvalue weighted by Crippen LogP contribution is 2.27. The lowest BCUT2D eigenvalue weighted by molar-refractivity contribution is -0.115. The van der Waals surface area contributed by atoms with Crippen molar-refractivity contribution in [2.75, 3.05) is 54.1 Å². The summed E-state index contributed by atoms with van der Waals surface area (Å²) >= 11 is 2.09. The van der Waals surface area contributed by atoms with Crippen molar-refractivity contribution in [2.45, 2.75) is 10.5 Å². The van der Waals surface area contributed by atoms with E-state index >= 15 is 0 Å². The second-order valence-corrected chi connectivity index (χ2v) is 8.02. The molecule has 1 aliphatic heterocycles. The number of morpholine rings is 1. The van der Waals surface area contributed by atoms with Crippen LogP contribution < -0.4 is 15.5 Å². The fourth-order valence-corrected chi connectivity index (χ4v) is 3.96. The van der Waals surface area contributed by atoms with Crippen molar-refractivity contribution in [1.82, 2.24) is 10.2 Å². The van der Waals surface area contributed by atoms with Crippen molar-refractivity contribution in [1.29, 1.82) is 0 Å². The van der Waals surface area contributed by atoms with Crippen LogP contribution in [-0.4, -0.2) is 60.9 Å². The maximum Gasteiger partial charge on any atom is 0.405 e. The summed E-state index contributed by atoms with van der Waals surface area (Å²) in [6.45, 7) is 1.91. The van der Waals surface area contributed by atoms with E-state index in [9.17, 15) is 18.0 Å². The van der Waals surface area contributed by atoms with Crippen LogP contribution in [-0.2, 0) is 9.53 Å². The molecular weight excluding hydrogens is 415 g/mol. The molecule has 1 amide bonds. The van der Waals surface area contributed by atoms with Crippen LogP contribution in [0.4, 0.5) is 29.7 Å². The zero-order valence-electron chi connectivity index (χ0n) is 14.7. The van der Waals surface area contributed by atoms with Gasteiger partial charge in [0.25, 0.3) is 0 Å². The van der Waals surface area contributed by atoms with Crippen LogP contribution in [0, 0.1) is 0 Å². The topological polar surface area (TPSA) is 79.4 Å². The van der Waals surface area contributed by atoms with Crippen LogP contribution in [0.15, 0.2) is 28.6 Å². The maximum atomic E-state index is 12.2. The number of ether oxygens (including phenoxy) is 1. The van der Waals surface area contributed by atoms with E-state index in [0.717, 1.165) is 41.9 Å². The number of carbonyl (C=O) groups is 1. The molecule has 12 heteroatoms. The largest absolute Gasteiger partial charge is 0.405 e. The van der Waals surface area contributed by atoms with Crippen LogP contribution in [0.3, 0.4) is 0 Å².